The smallest absolute Gasteiger partial charge is 0.251 e. The number of aliphatic hydroxyl groups is 1. The van der Waals surface area contributed by atoms with Crippen LogP contribution in [0.5, 0.6) is 0 Å². The van der Waals surface area contributed by atoms with Crippen LogP contribution in [-0.4, -0.2) is 41.9 Å². The predicted molar refractivity (Wildman–Crippen MR) is 89.2 cm³/mol. The molecule has 23 heavy (non-hydrogen) atoms. The van der Waals surface area contributed by atoms with Crippen LogP contribution in [0.3, 0.4) is 0 Å². The second kappa shape index (κ2) is 8.41. The monoisotopic (exact) mass is 314 g/mol. The summed E-state index contributed by atoms with van der Waals surface area (Å²) in [5.41, 5.74) is 3.54. The molecule has 2 N–H and O–H groups in total. The van der Waals surface area contributed by atoms with Crippen molar-refractivity contribution < 1.29 is 14.6 Å². The van der Waals surface area contributed by atoms with E-state index in [2.05, 4.69) is 10.3 Å². The zero-order valence-corrected chi connectivity index (χ0v) is 13.5. The third-order valence-electron chi connectivity index (χ3n) is 3.40. The minimum atomic E-state index is -0.697. The van der Waals surface area contributed by atoms with E-state index in [4.69, 9.17) is 4.74 Å². The van der Waals surface area contributed by atoms with Crippen molar-refractivity contribution in [1.82, 2.24) is 10.3 Å². The van der Waals surface area contributed by atoms with E-state index in [1.165, 1.54) is 0 Å². The Hall–Kier alpha value is -2.24. The van der Waals surface area contributed by atoms with Crippen LogP contribution in [-0.2, 0) is 4.74 Å². The molecule has 0 radical (unpaired) electrons. The Morgan fingerprint density at radius 2 is 1.91 bits per heavy atom. The molecule has 0 aliphatic rings. The molecule has 5 heteroatoms. The van der Waals surface area contributed by atoms with Gasteiger partial charge in [0.25, 0.3) is 5.91 Å². The minimum absolute atomic E-state index is 0.169. The van der Waals surface area contributed by atoms with E-state index >= 15 is 0 Å². The lowest BCUT2D eigenvalue weighted by atomic mass is 10.1. The van der Waals surface area contributed by atoms with Gasteiger partial charge in [0.15, 0.2) is 0 Å². The number of rotatable bonds is 7. The molecule has 0 aliphatic heterocycles. The van der Waals surface area contributed by atoms with E-state index in [-0.39, 0.29) is 19.1 Å². The van der Waals surface area contributed by atoms with Crippen LogP contribution in [0.15, 0.2) is 42.6 Å². The average molecular weight is 314 g/mol. The highest BCUT2D eigenvalue weighted by atomic mass is 16.5. The van der Waals surface area contributed by atoms with E-state index in [1.807, 2.05) is 44.3 Å². The van der Waals surface area contributed by atoms with Crippen LogP contribution in [0.25, 0.3) is 11.1 Å². The number of pyridine rings is 1. The molecule has 2 aromatic rings. The quantitative estimate of drug-likeness (QED) is 0.822. The molecule has 0 unspecified atom stereocenters. The largest absolute Gasteiger partial charge is 0.389 e. The number of aryl methyl sites for hydroxylation is 1. The van der Waals surface area contributed by atoms with Crippen molar-refractivity contribution in [1.29, 1.82) is 0 Å². The van der Waals surface area contributed by atoms with Gasteiger partial charge < -0.3 is 15.2 Å². The molecule has 1 aromatic carbocycles. The molecule has 0 spiro atoms. The van der Waals surface area contributed by atoms with Crippen molar-refractivity contribution in [3.8, 4) is 11.1 Å². The number of nitrogens with zero attached hydrogens (tertiary/aromatic N) is 1. The molecule has 1 heterocycles. The Morgan fingerprint density at radius 1 is 1.22 bits per heavy atom. The number of ether oxygens (including phenoxy) is 1. The first-order valence-electron chi connectivity index (χ1n) is 7.67. The summed E-state index contributed by atoms with van der Waals surface area (Å²) in [6.45, 7) is 4.73. The molecule has 0 aliphatic carbocycles. The number of carbonyl (C=O) groups is 1. The Morgan fingerprint density at radius 3 is 2.52 bits per heavy atom. The van der Waals surface area contributed by atoms with Crippen molar-refractivity contribution in [3.05, 3.63) is 53.9 Å². The average Bonchev–Trinajstić information content (AvgIpc) is 2.58. The number of amides is 1. The number of aromatic nitrogens is 1. The third kappa shape index (κ3) is 5.16. The highest BCUT2D eigenvalue weighted by molar-refractivity contribution is 5.94. The minimum Gasteiger partial charge on any atom is -0.389 e. The van der Waals surface area contributed by atoms with Crippen LogP contribution in [0.4, 0.5) is 0 Å². The lowest BCUT2D eigenvalue weighted by molar-refractivity contribution is 0.0418. The zero-order chi connectivity index (χ0) is 16.7. The topological polar surface area (TPSA) is 71.5 Å². The number of carbonyl (C=O) groups excluding carboxylic acids is 1. The molecule has 2 rings (SSSR count). The van der Waals surface area contributed by atoms with E-state index in [0.29, 0.717) is 12.2 Å². The maximum absolute atomic E-state index is 12.0. The van der Waals surface area contributed by atoms with Crippen LogP contribution in [0, 0.1) is 6.92 Å². The Bertz CT molecular complexity index is 624. The summed E-state index contributed by atoms with van der Waals surface area (Å²) in [6.07, 6.45) is 1.12. The molecular weight excluding hydrogens is 292 g/mol. The SMILES string of the molecule is CCOC[C@H](O)CNC(=O)c1ccc(-c2ccc(C)nc2)cc1. The van der Waals surface area contributed by atoms with Gasteiger partial charge in [-0.2, -0.15) is 0 Å². The fourth-order valence-electron chi connectivity index (χ4n) is 2.08. The summed E-state index contributed by atoms with van der Waals surface area (Å²) in [4.78, 5) is 16.3. The lowest BCUT2D eigenvalue weighted by Crippen LogP contribution is -2.34. The molecule has 5 nitrogen and oxygen atoms in total. The number of aliphatic hydroxyl groups excluding tert-OH is 1. The van der Waals surface area contributed by atoms with E-state index in [0.717, 1.165) is 16.8 Å². The Labute approximate surface area is 136 Å². The summed E-state index contributed by atoms with van der Waals surface area (Å²) in [7, 11) is 0. The van der Waals surface area contributed by atoms with Gasteiger partial charge >= 0.3 is 0 Å². The first-order chi connectivity index (χ1) is 11.1. The van der Waals surface area contributed by atoms with E-state index in [9.17, 15) is 9.90 Å². The molecular formula is C18H22N2O3. The molecule has 0 saturated heterocycles. The van der Waals surface area contributed by atoms with Gasteiger partial charge in [-0.25, -0.2) is 0 Å². The Balaban J connectivity index is 1.93. The molecule has 122 valence electrons. The van der Waals surface area contributed by atoms with Gasteiger partial charge in [0.1, 0.15) is 0 Å². The van der Waals surface area contributed by atoms with Crippen molar-refractivity contribution >= 4 is 5.91 Å². The Kier molecular flexibility index (Phi) is 6.26. The van der Waals surface area contributed by atoms with Crippen molar-refractivity contribution in [2.45, 2.75) is 20.0 Å². The molecule has 1 amide bonds. The zero-order valence-electron chi connectivity index (χ0n) is 13.5. The van der Waals surface area contributed by atoms with Gasteiger partial charge in [0.05, 0.1) is 12.7 Å². The number of hydrogen-bond acceptors (Lipinski definition) is 4. The van der Waals surface area contributed by atoms with Crippen LogP contribution < -0.4 is 5.32 Å². The van der Waals surface area contributed by atoms with E-state index < -0.39 is 6.10 Å². The highest BCUT2D eigenvalue weighted by Gasteiger charge is 2.09. The van der Waals surface area contributed by atoms with Crippen molar-refractivity contribution in [2.24, 2.45) is 0 Å². The second-order valence-electron chi connectivity index (χ2n) is 5.29. The van der Waals surface area contributed by atoms with Gasteiger partial charge in [-0.05, 0) is 37.6 Å². The third-order valence-corrected chi connectivity index (χ3v) is 3.40. The summed E-state index contributed by atoms with van der Waals surface area (Å²) >= 11 is 0. The van der Waals surface area contributed by atoms with Crippen LogP contribution >= 0.6 is 0 Å². The number of hydrogen-bond donors (Lipinski definition) is 2. The fourth-order valence-corrected chi connectivity index (χ4v) is 2.08. The van der Waals surface area contributed by atoms with Gasteiger partial charge in [0.2, 0.25) is 0 Å². The first-order valence-corrected chi connectivity index (χ1v) is 7.67. The number of benzene rings is 1. The van der Waals surface area contributed by atoms with E-state index in [1.54, 1.807) is 12.1 Å². The summed E-state index contributed by atoms with van der Waals surface area (Å²) in [6, 6.07) is 11.3. The van der Waals surface area contributed by atoms with Gasteiger partial charge in [-0.3, -0.25) is 9.78 Å². The highest BCUT2D eigenvalue weighted by Crippen LogP contribution is 2.19. The molecule has 0 bridgehead atoms. The molecule has 1 atom stereocenters. The summed E-state index contributed by atoms with van der Waals surface area (Å²) in [5.74, 6) is -0.214. The van der Waals surface area contributed by atoms with Crippen LogP contribution in [0.1, 0.15) is 23.0 Å². The lowest BCUT2D eigenvalue weighted by Gasteiger charge is -2.12. The first kappa shape index (κ1) is 17.1. The van der Waals surface area contributed by atoms with Gasteiger partial charge in [-0.1, -0.05) is 18.2 Å². The molecule has 1 aromatic heterocycles. The van der Waals surface area contributed by atoms with Crippen molar-refractivity contribution in [3.63, 3.8) is 0 Å². The standard InChI is InChI=1S/C18H22N2O3/c1-3-23-12-17(21)11-20-18(22)15-8-6-14(7-9-15)16-5-4-13(2)19-10-16/h4-10,17,21H,3,11-12H2,1-2H3,(H,20,22)/t17-/m1/s1. The van der Waals surface area contributed by atoms with Crippen molar-refractivity contribution in [2.75, 3.05) is 19.8 Å². The maximum atomic E-state index is 12.0. The van der Waals surface area contributed by atoms with Gasteiger partial charge in [-0.15, -0.1) is 0 Å². The predicted octanol–water partition coefficient (Wildman–Crippen LogP) is 2.18. The summed E-state index contributed by atoms with van der Waals surface area (Å²) in [5, 5.41) is 12.3. The van der Waals surface area contributed by atoms with Crippen LogP contribution in [0.2, 0.25) is 0 Å². The second-order valence-corrected chi connectivity index (χ2v) is 5.29. The molecule has 0 saturated carbocycles. The number of nitrogens with one attached hydrogen (secondary N) is 1. The van der Waals surface area contributed by atoms with Gasteiger partial charge in [0, 0.05) is 36.2 Å². The fraction of sp³-hybridized carbons (Fsp3) is 0.333. The summed E-state index contributed by atoms with van der Waals surface area (Å²) < 4.78 is 5.10. The normalized spacial score (nSPS) is 12.0. The maximum Gasteiger partial charge on any atom is 0.251 e. The molecule has 0 fully saturated rings.